The van der Waals surface area contributed by atoms with E-state index in [0.717, 1.165) is 25.8 Å². The minimum Gasteiger partial charge on any atom is -0.480 e. The van der Waals surface area contributed by atoms with E-state index in [1.807, 2.05) is 0 Å². The summed E-state index contributed by atoms with van der Waals surface area (Å²) in [5, 5.41) is 11.8. The molecule has 0 aromatic carbocycles. The van der Waals surface area contributed by atoms with E-state index in [1.165, 1.54) is 4.90 Å². The van der Waals surface area contributed by atoms with Gasteiger partial charge in [0.25, 0.3) is 0 Å². The maximum Gasteiger partial charge on any atom is 0.323 e. The number of nitrogens with one attached hydrogen (secondary N) is 1. The number of hydrogen-bond donors (Lipinski definition) is 2. The predicted molar refractivity (Wildman–Crippen MR) is 48.8 cm³/mol. The van der Waals surface area contributed by atoms with E-state index in [4.69, 9.17) is 5.11 Å². The second-order valence-electron chi connectivity index (χ2n) is 3.98. The molecule has 0 bridgehead atoms. The summed E-state index contributed by atoms with van der Waals surface area (Å²) in [5.74, 6) is -0.967. The number of hydrogen-bond acceptors (Lipinski definition) is 3. The Labute approximate surface area is 82.1 Å². The number of carbonyl (C=O) groups excluding carboxylic acids is 1. The minimum absolute atomic E-state index is 0.0302. The number of carbonyl (C=O) groups is 2. The van der Waals surface area contributed by atoms with Crippen molar-refractivity contribution in [2.24, 2.45) is 0 Å². The van der Waals surface area contributed by atoms with Crippen LogP contribution in [0.25, 0.3) is 0 Å². The number of amides is 1. The zero-order valence-electron chi connectivity index (χ0n) is 7.95. The first kappa shape index (κ1) is 9.45. The van der Waals surface area contributed by atoms with Crippen LogP contribution in [0.2, 0.25) is 0 Å². The van der Waals surface area contributed by atoms with Gasteiger partial charge in [-0.15, -0.1) is 0 Å². The monoisotopic (exact) mass is 198 g/mol. The van der Waals surface area contributed by atoms with E-state index >= 15 is 0 Å². The summed E-state index contributed by atoms with van der Waals surface area (Å²) in [7, 11) is 0. The first-order valence-corrected chi connectivity index (χ1v) is 4.90. The van der Waals surface area contributed by atoms with Crippen LogP contribution in [0, 0.1) is 0 Å². The van der Waals surface area contributed by atoms with Crippen molar-refractivity contribution < 1.29 is 14.7 Å². The van der Waals surface area contributed by atoms with Gasteiger partial charge in [-0.3, -0.25) is 9.59 Å². The fraction of sp³-hybridized carbons (Fsp3) is 0.778. The second kappa shape index (κ2) is 3.24. The van der Waals surface area contributed by atoms with Crippen molar-refractivity contribution in [1.82, 2.24) is 10.2 Å². The molecule has 14 heavy (non-hydrogen) atoms. The fourth-order valence-corrected chi connectivity index (χ4v) is 2.35. The van der Waals surface area contributed by atoms with Gasteiger partial charge in [0.05, 0.1) is 5.54 Å². The van der Waals surface area contributed by atoms with Gasteiger partial charge in [0, 0.05) is 6.54 Å². The van der Waals surface area contributed by atoms with Crippen LogP contribution >= 0.6 is 0 Å². The van der Waals surface area contributed by atoms with Crippen LogP contribution in [0.3, 0.4) is 0 Å². The zero-order chi connectivity index (χ0) is 10.2. The second-order valence-corrected chi connectivity index (χ2v) is 3.98. The molecular weight excluding hydrogens is 184 g/mol. The van der Waals surface area contributed by atoms with Crippen molar-refractivity contribution in [1.29, 1.82) is 0 Å². The lowest BCUT2D eigenvalue weighted by atomic mass is 9.96. The molecule has 2 fully saturated rings. The molecule has 5 nitrogen and oxygen atoms in total. The van der Waals surface area contributed by atoms with E-state index in [9.17, 15) is 9.59 Å². The van der Waals surface area contributed by atoms with Crippen LogP contribution in [-0.2, 0) is 9.59 Å². The summed E-state index contributed by atoms with van der Waals surface area (Å²) in [5.41, 5.74) is -0.421. The molecule has 2 aliphatic heterocycles. The third-order valence-corrected chi connectivity index (χ3v) is 3.07. The van der Waals surface area contributed by atoms with Crippen LogP contribution in [0.1, 0.15) is 19.3 Å². The summed E-state index contributed by atoms with van der Waals surface area (Å²) in [6.45, 7) is 1.27. The lowest BCUT2D eigenvalue weighted by Gasteiger charge is -2.21. The van der Waals surface area contributed by atoms with Gasteiger partial charge in [-0.1, -0.05) is 0 Å². The van der Waals surface area contributed by atoms with Gasteiger partial charge < -0.3 is 15.3 Å². The quantitative estimate of drug-likeness (QED) is 0.623. The third-order valence-electron chi connectivity index (χ3n) is 3.07. The molecule has 0 aliphatic carbocycles. The van der Waals surface area contributed by atoms with Gasteiger partial charge in [0.15, 0.2) is 0 Å². The maximum absolute atomic E-state index is 11.9. The van der Waals surface area contributed by atoms with E-state index in [-0.39, 0.29) is 12.5 Å². The lowest BCUT2D eigenvalue weighted by molar-refractivity contribution is -0.144. The number of likely N-dealkylation sites (tertiary alicyclic amines) is 1. The molecule has 2 rings (SSSR count). The molecule has 1 amide bonds. The summed E-state index contributed by atoms with van der Waals surface area (Å²) in [6, 6.07) is 0. The molecule has 2 heterocycles. The Morgan fingerprint density at radius 3 is 2.93 bits per heavy atom. The number of carboxylic acids is 1. The molecule has 1 atom stereocenters. The predicted octanol–water partition coefficient (Wildman–Crippen LogP) is -0.575. The van der Waals surface area contributed by atoms with Crippen LogP contribution in [-0.4, -0.2) is 47.1 Å². The molecule has 0 aromatic heterocycles. The van der Waals surface area contributed by atoms with Crippen molar-refractivity contribution in [3.05, 3.63) is 0 Å². The lowest BCUT2D eigenvalue weighted by Crippen LogP contribution is -2.48. The number of nitrogens with zero attached hydrogens (tertiary/aromatic N) is 1. The van der Waals surface area contributed by atoms with Crippen LogP contribution < -0.4 is 5.32 Å². The highest BCUT2D eigenvalue weighted by Gasteiger charge is 2.48. The van der Waals surface area contributed by atoms with Gasteiger partial charge >= 0.3 is 5.97 Å². The molecule has 0 radical (unpaired) electrons. The average molecular weight is 198 g/mol. The van der Waals surface area contributed by atoms with Crippen molar-refractivity contribution in [2.75, 3.05) is 19.6 Å². The molecule has 78 valence electrons. The SMILES string of the molecule is O=C(O)CN1CC[C@]2(CCCN2)C1=O. The summed E-state index contributed by atoms with van der Waals surface area (Å²) >= 11 is 0. The van der Waals surface area contributed by atoms with E-state index in [0.29, 0.717) is 6.54 Å². The Kier molecular flexibility index (Phi) is 2.19. The largest absolute Gasteiger partial charge is 0.480 e. The molecule has 2 N–H and O–H groups in total. The van der Waals surface area contributed by atoms with E-state index < -0.39 is 11.5 Å². The molecule has 0 saturated carbocycles. The van der Waals surface area contributed by atoms with Gasteiger partial charge in [-0.2, -0.15) is 0 Å². The standard InChI is InChI=1S/C9H14N2O3/c12-7(13)6-11-5-3-9(8(11)14)2-1-4-10-9/h10H,1-6H2,(H,12,13)/t9-/m1/s1. The van der Waals surface area contributed by atoms with Gasteiger partial charge in [-0.05, 0) is 25.8 Å². The summed E-state index contributed by atoms with van der Waals surface area (Å²) in [4.78, 5) is 23.8. The Hall–Kier alpha value is -1.10. The average Bonchev–Trinajstić information content (AvgIpc) is 2.69. The molecule has 5 heteroatoms. The first-order chi connectivity index (χ1) is 6.64. The molecule has 2 saturated heterocycles. The Morgan fingerprint density at radius 1 is 1.57 bits per heavy atom. The van der Waals surface area contributed by atoms with Gasteiger partial charge in [0.2, 0.25) is 5.91 Å². The van der Waals surface area contributed by atoms with Gasteiger partial charge in [-0.25, -0.2) is 0 Å². The zero-order valence-corrected chi connectivity index (χ0v) is 7.95. The summed E-state index contributed by atoms with van der Waals surface area (Å²) in [6.07, 6.45) is 2.60. The maximum atomic E-state index is 11.9. The summed E-state index contributed by atoms with van der Waals surface area (Å²) < 4.78 is 0. The Bertz CT molecular complexity index is 271. The highest BCUT2D eigenvalue weighted by molar-refractivity contribution is 5.91. The van der Waals surface area contributed by atoms with Crippen LogP contribution in [0.15, 0.2) is 0 Å². The van der Waals surface area contributed by atoms with Gasteiger partial charge in [0.1, 0.15) is 6.54 Å². The van der Waals surface area contributed by atoms with E-state index in [1.54, 1.807) is 0 Å². The van der Waals surface area contributed by atoms with Crippen molar-refractivity contribution in [3.63, 3.8) is 0 Å². The number of rotatable bonds is 2. The van der Waals surface area contributed by atoms with Crippen molar-refractivity contribution >= 4 is 11.9 Å². The normalized spacial score (nSPS) is 31.7. The fourth-order valence-electron chi connectivity index (χ4n) is 2.35. The Morgan fingerprint density at radius 2 is 2.36 bits per heavy atom. The molecular formula is C9H14N2O3. The Balaban J connectivity index is 2.06. The first-order valence-electron chi connectivity index (χ1n) is 4.90. The van der Waals surface area contributed by atoms with Crippen molar-refractivity contribution in [2.45, 2.75) is 24.8 Å². The van der Waals surface area contributed by atoms with Crippen LogP contribution in [0.4, 0.5) is 0 Å². The topological polar surface area (TPSA) is 69.6 Å². The highest BCUT2D eigenvalue weighted by atomic mass is 16.4. The number of aliphatic carboxylic acids is 1. The molecule has 2 aliphatic rings. The van der Waals surface area contributed by atoms with E-state index in [2.05, 4.69) is 5.32 Å². The van der Waals surface area contributed by atoms with Crippen LogP contribution in [0.5, 0.6) is 0 Å². The molecule has 0 aromatic rings. The molecule has 1 spiro atoms. The van der Waals surface area contributed by atoms with Crippen molar-refractivity contribution in [3.8, 4) is 0 Å². The minimum atomic E-state index is -0.937. The number of carboxylic acid groups (broad SMARTS) is 1. The molecule has 0 unspecified atom stereocenters. The highest BCUT2D eigenvalue weighted by Crippen LogP contribution is 2.30. The smallest absolute Gasteiger partial charge is 0.323 e. The third kappa shape index (κ3) is 1.37.